The van der Waals surface area contributed by atoms with Crippen molar-refractivity contribution in [3.05, 3.63) is 42.2 Å². The Morgan fingerprint density at radius 3 is 3.03 bits per heavy atom. The topological polar surface area (TPSA) is 93.0 Å². The van der Waals surface area contributed by atoms with Gasteiger partial charge in [-0.05, 0) is 43.2 Å². The average Bonchev–Trinajstić information content (AvgIpc) is 3.42. The molecule has 1 aliphatic heterocycles. The van der Waals surface area contributed by atoms with Gasteiger partial charge in [-0.3, -0.25) is 14.8 Å². The number of nitrogens with zero attached hydrogens (tertiary/aromatic N) is 5. The van der Waals surface area contributed by atoms with Gasteiger partial charge in [0.05, 0.1) is 29.0 Å². The van der Waals surface area contributed by atoms with E-state index in [1.54, 1.807) is 6.20 Å². The highest BCUT2D eigenvalue weighted by Crippen LogP contribution is 2.27. The molecule has 0 spiro atoms. The fraction of sp³-hybridized carbons (Fsp3) is 0.333. The second-order valence-electron chi connectivity index (χ2n) is 7.77. The van der Waals surface area contributed by atoms with Crippen molar-refractivity contribution in [1.82, 2.24) is 25.0 Å². The van der Waals surface area contributed by atoms with E-state index in [0.29, 0.717) is 18.3 Å². The predicted molar refractivity (Wildman–Crippen MR) is 113 cm³/mol. The van der Waals surface area contributed by atoms with E-state index in [-0.39, 0.29) is 6.10 Å². The van der Waals surface area contributed by atoms with Crippen LogP contribution in [-0.2, 0) is 11.4 Å². The average molecular weight is 389 g/mol. The molecule has 2 N–H and O–H groups in total. The molecule has 0 fully saturated rings. The van der Waals surface area contributed by atoms with E-state index in [4.69, 9.17) is 9.94 Å². The third kappa shape index (κ3) is 3.20. The minimum absolute atomic E-state index is 0.0363. The second kappa shape index (κ2) is 6.88. The van der Waals surface area contributed by atoms with Crippen LogP contribution in [0.4, 0.5) is 11.5 Å². The van der Waals surface area contributed by atoms with Crippen LogP contribution in [0, 0.1) is 12.8 Å². The molecular weight excluding hydrogens is 366 g/mol. The molecule has 0 bridgehead atoms. The Bertz CT molecular complexity index is 1220. The van der Waals surface area contributed by atoms with Crippen LogP contribution in [0.5, 0.6) is 0 Å². The first-order valence-corrected chi connectivity index (χ1v) is 9.84. The Balaban J connectivity index is 1.39. The van der Waals surface area contributed by atoms with Crippen LogP contribution in [0.15, 0.2) is 41.7 Å². The fourth-order valence-electron chi connectivity index (χ4n) is 3.72. The van der Waals surface area contributed by atoms with Gasteiger partial charge in [0.2, 0.25) is 0 Å². The number of nitrogens with one attached hydrogen (secondary N) is 2. The summed E-state index contributed by atoms with van der Waals surface area (Å²) in [4.78, 5) is 10.0. The minimum atomic E-state index is 0.0363. The molecule has 1 aromatic carbocycles. The zero-order valence-electron chi connectivity index (χ0n) is 16.7. The second-order valence-corrected chi connectivity index (χ2v) is 7.77. The molecule has 0 radical (unpaired) electrons. The molecule has 1 unspecified atom stereocenters. The van der Waals surface area contributed by atoms with E-state index in [1.807, 2.05) is 29.8 Å². The van der Waals surface area contributed by atoms with E-state index < -0.39 is 0 Å². The number of aromatic amines is 1. The molecule has 4 heterocycles. The van der Waals surface area contributed by atoms with E-state index in [2.05, 4.69) is 51.6 Å². The van der Waals surface area contributed by atoms with Gasteiger partial charge in [0.15, 0.2) is 11.9 Å². The number of fused-ring (bicyclic) bond motifs is 2. The first kappa shape index (κ1) is 17.7. The Labute approximate surface area is 168 Å². The SMILES string of the molecule is Cc1nn(CC2CC(C(C)C)=NO2)c2ccc(Nc3n[nH]c4cccnc34)cc12. The fourth-order valence-corrected chi connectivity index (χ4v) is 3.72. The highest BCUT2D eigenvalue weighted by molar-refractivity contribution is 5.90. The van der Waals surface area contributed by atoms with Gasteiger partial charge in [0, 0.05) is 23.7 Å². The molecule has 4 aromatic rings. The summed E-state index contributed by atoms with van der Waals surface area (Å²) in [6.45, 7) is 7.00. The highest BCUT2D eigenvalue weighted by atomic mass is 16.6. The molecule has 1 atom stereocenters. The number of aryl methyl sites for hydroxylation is 1. The molecule has 0 saturated carbocycles. The summed E-state index contributed by atoms with van der Waals surface area (Å²) < 4.78 is 2.02. The van der Waals surface area contributed by atoms with Crippen LogP contribution in [0.2, 0.25) is 0 Å². The molecule has 148 valence electrons. The Hall–Kier alpha value is -3.42. The van der Waals surface area contributed by atoms with Crippen molar-refractivity contribution in [3.63, 3.8) is 0 Å². The predicted octanol–water partition coefficient (Wildman–Crippen LogP) is 4.16. The van der Waals surface area contributed by atoms with Crippen LogP contribution in [-0.4, -0.2) is 36.8 Å². The minimum Gasteiger partial charge on any atom is -0.390 e. The monoisotopic (exact) mass is 389 g/mol. The number of H-pyrrole nitrogens is 1. The summed E-state index contributed by atoms with van der Waals surface area (Å²) in [6, 6.07) is 10.1. The van der Waals surface area contributed by atoms with Gasteiger partial charge < -0.3 is 10.2 Å². The van der Waals surface area contributed by atoms with Gasteiger partial charge in [-0.1, -0.05) is 19.0 Å². The number of aromatic nitrogens is 5. The molecule has 0 aliphatic carbocycles. The maximum Gasteiger partial charge on any atom is 0.178 e. The summed E-state index contributed by atoms with van der Waals surface area (Å²) >= 11 is 0. The zero-order chi connectivity index (χ0) is 20.0. The van der Waals surface area contributed by atoms with Crippen molar-refractivity contribution in [1.29, 1.82) is 0 Å². The lowest BCUT2D eigenvalue weighted by molar-refractivity contribution is 0.0707. The first-order valence-electron chi connectivity index (χ1n) is 9.84. The third-order valence-electron chi connectivity index (χ3n) is 5.32. The van der Waals surface area contributed by atoms with E-state index in [1.165, 1.54) is 0 Å². The van der Waals surface area contributed by atoms with Crippen LogP contribution in [0.1, 0.15) is 26.0 Å². The maximum atomic E-state index is 5.62. The molecule has 8 nitrogen and oxygen atoms in total. The molecule has 29 heavy (non-hydrogen) atoms. The van der Waals surface area contributed by atoms with Crippen molar-refractivity contribution in [2.75, 3.05) is 5.32 Å². The summed E-state index contributed by atoms with van der Waals surface area (Å²) in [5, 5.41) is 20.8. The lowest BCUT2D eigenvalue weighted by Gasteiger charge is -2.10. The lowest BCUT2D eigenvalue weighted by Crippen LogP contribution is -2.18. The molecule has 1 aliphatic rings. The number of rotatable bonds is 5. The number of hydrogen-bond acceptors (Lipinski definition) is 6. The summed E-state index contributed by atoms with van der Waals surface area (Å²) in [7, 11) is 0. The largest absolute Gasteiger partial charge is 0.390 e. The van der Waals surface area contributed by atoms with E-state index in [9.17, 15) is 0 Å². The number of pyridine rings is 1. The number of hydrogen-bond donors (Lipinski definition) is 2. The van der Waals surface area contributed by atoms with Gasteiger partial charge in [0.25, 0.3) is 0 Å². The summed E-state index contributed by atoms with van der Waals surface area (Å²) in [5.41, 5.74) is 5.85. The van der Waals surface area contributed by atoms with Gasteiger partial charge >= 0.3 is 0 Å². The highest BCUT2D eigenvalue weighted by Gasteiger charge is 2.24. The van der Waals surface area contributed by atoms with Gasteiger partial charge in [-0.2, -0.15) is 10.2 Å². The van der Waals surface area contributed by atoms with Crippen molar-refractivity contribution in [2.45, 2.75) is 39.8 Å². The smallest absolute Gasteiger partial charge is 0.178 e. The number of anilines is 2. The Kier molecular flexibility index (Phi) is 4.19. The van der Waals surface area contributed by atoms with Crippen molar-refractivity contribution in [3.8, 4) is 0 Å². The molecule has 3 aromatic heterocycles. The quantitative estimate of drug-likeness (QED) is 0.535. The Morgan fingerprint density at radius 2 is 2.21 bits per heavy atom. The zero-order valence-corrected chi connectivity index (χ0v) is 16.7. The van der Waals surface area contributed by atoms with Gasteiger partial charge in [0.1, 0.15) is 5.52 Å². The number of benzene rings is 1. The molecule has 5 rings (SSSR count). The van der Waals surface area contributed by atoms with E-state index >= 15 is 0 Å². The molecular formula is C21H23N7O. The van der Waals surface area contributed by atoms with Crippen LogP contribution >= 0.6 is 0 Å². The maximum absolute atomic E-state index is 5.62. The first-order chi connectivity index (χ1) is 14.1. The van der Waals surface area contributed by atoms with Crippen LogP contribution in [0.3, 0.4) is 0 Å². The molecule has 0 amide bonds. The van der Waals surface area contributed by atoms with Gasteiger partial charge in [-0.15, -0.1) is 0 Å². The van der Waals surface area contributed by atoms with Crippen molar-refractivity contribution >= 4 is 39.2 Å². The molecule has 8 heteroatoms. The standard InChI is InChI=1S/C21H23N7O/c1-12(2)18-10-15(29-27-18)11-28-19-7-6-14(9-16(19)13(3)26-28)23-21-20-17(24-25-21)5-4-8-22-20/h4-9,12,15H,10-11H2,1-3H3,(H2,23,24,25). The van der Waals surface area contributed by atoms with Gasteiger partial charge in [-0.25, -0.2) is 0 Å². The summed E-state index contributed by atoms with van der Waals surface area (Å²) in [5.74, 6) is 1.13. The number of oxime groups is 1. The van der Waals surface area contributed by atoms with E-state index in [0.717, 1.165) is 45.5 Å². The van der Waals surface area contributed by atoms with Crippen molar-refractivity contribution < 1.29 is 4.84 Å². The third-order valence-corrected chi connectivity index (χ3v) is 5.32. The summed E-state index contributed by atoms with van der Waals surface area (Å²) in [6.07, 6.45) is 2.66. The normalized spacial score (nSPS) is 16.6. The van der Waals surface area contributed by atoms with Crippen LogP contribution in [0.25, 0.3) is 21.9 Å². The molecule has 0 saturated heterocycles. The lowest BCUT2D eigenvalue weighted by atomic mass is 10.0. The van der Waals surface area contributed by atoms with Crippen molar-refractivity contribution in [2.24, 2.45) is 11.1 Å². The van der Waals surface area contributed by atoms with Crippen LogP contribution < -0.4 is 5.32 Å². The Morgan fingerprint density at radius 1 is 1.31 bits per heavy atom.